The number of aliphatic hydroxyl groups is 1. The summed E-state index contributed by atoms with van der Waals surface area (Å²) in [5.41, 5.74) is 0. The van der Waals surface area contributed by atoms with Gasteiger partial charge in [-0.15, -0.1) is 0 Å². The molecule has 4 nitrogen and oxygen atoms in total. The maximum atomic E-state index is 9.92. The van der Waals surface area contributed by atoms with Crippen molar-refractivity contribution in [2.45, 2.75) is 71.1 Å². The first-order chi connectivity index (χ1) is 9.70. The first-order valence-electron chi connectivity index (χ1n) is 7.75. The van der Waals surface area contributed by atoms with Crippen LogP contribution in [0.25, 0.3) is 0 Å². The summed E-state index contributed by atoms with van der Waals surface area (Å²) in [7, 11) is 0. The number of hydrogen-bond donors (Lipinski definition) is 1. The van der Waals surface area contributed by atoms with Crippen LogP contribution >= 0.6 is 0 Å². The number of rotatable bonds is 10. The van der Waals surface area contributed by atoms with Crippen LogP contribution in [0.2, 0.25) is 0 Å². The van der Waals surface area contributed by atoms with Gasteiger partial charge in [-0.05, 0) is 6.42 Å². The van der Waals surface area contributed by atoms with Gasteiger partial charge < -0.3 is 9.84 Å². The van der Waals surface area contributed by atoms with E-state index in [1.165, 1.54) is 57.8 Å². The summed E-state index contributed by atoms with van der Waals surface area (Å²) in [5.74, 6) is -1.16. The van der Waals surface area contributed by atoms with Gasteiger partial charge in [0, 0.05) is 18.8 Å². The summed E-state index contributed by atoms with van der Waals surface area (Å²) in [6.07, 6.45) is 15.5. The lowest BCUT2D eigenvalue weighted by atomic mass is 10.1. The third-order valence-corrected chi connectivity index (χ3v) is 3.07. The lowest BCUT2D eigenvalue weighted by Gasteiger charge is -2.00. The standard InChI is InChI=1S/C12H26O.C4H2O3/c1-2-3-4-5-6-7-8-9-10-11-12-13;5-3-1-2-4(6)7-3/h13H,2-12H2,1H3;1-2H. The lowest BCUT2D eigenvalue weighted by molar-refractivity contribution is -0.150. The minimum atomic E-state index is -0.579. The molecule has 1 rings (SSSR count). The van der Waals surface area contributed by atoms with Gasteiger partial charge >= 0.3 is 11.9 Å². The minimum absolute atomic E-state index is 0.372. The smallest absolute Gasteiger partial charge is 0.338 e. The van der Waals surface area contributed by atoms with Crippen LogP contribution in [0.3, 0.4) is 0 Å². The number of cyclic esters (lactones) is 2. The summed E-state index contributed by atoms with van der Waals surface area (Å²) in [5, 5.41) is 8.57. The number of carbonyl (C=O) groups is 2. The summed E-state index contributed by atoms with van der Waals surface area (Å²) in [6, 6.07) is 0. The highest BCUT2D eigenvalue weighted by Gasteiger charge is 2.10. The van der Waals surface area contributed by atoms with Crippen molar-refractivity contribution in [1.82, 2.24) is 0 Å². The average molecular weight is 284 g/mol. The fourth-order valence-corrected chi connectivity index (χ4v) is 1.90. The minimum Gasteiger partial charge on any atom is -0.396 e. The number of unbranched alkanes of at least 4 members (excludes halogenated alkanes) is 9. The first-order valence-corrected chi connectivity index (χ1v) is 7.75. The molecular formula is C16H28O4. The molecule has 0 spiro atoms. The summed E-state index contributed by atoms with van der Waals surface area (Å²) in [4.78, 5) is 19.8. The first kappa shape index (κ1) is 18.8. The van der Waals surface area contributed by atoms with E-state index < -0.39 is 11.9 Å². The van der Waals surface area contributed by atoms with E-state index in [0.29, 0.717) is 6.61 Å². The van der Waals surface area contributed by atoms with E-state index in [-0.39, 0.29) is 0 Å². The molecule has 0 fully saturated rings. The van der Waals surface area contributed by atoms with Crippen LogP contribution in [-0.4, -0.2) is 23.7 Å². The van der Waals surface area contributed by atoms with Crippen molar-refractivity contribution < 1.29 is 19.4 Å². The number of carbonyl (C=O) groups excluding carboxylic acids is 2. The Morgan fingerprint density at radius 2 is 1.20 bits per heavy atom. The molecule has 0 saturated carbocycles. The highest BCUT2D eigenvalue weighted by molar-refractivity contribution is 6.04. The molecule has 1 aliphatic heterocycles. The zero-order valence-electron chi connectivity index (χ0n) is 12.6. The lowest BCUT2D eigenvalue weighted by Crippen LogP contribution is -1.96. The van der Waals surface area contributed by atoms with E-state index >= 15 is 0 Å². The maximum Gasteiger partial charge on any atom is 0.338 e. The Kier molecular flexibility index (Phi) is 13.4. The second-order valence-electron chi connectivity index (χ2n) is 4.98. The van der Waals surface area contributed by atoms with Crippen molar-refractivity contribution in [3.63, 3.8) is 0 Å². The average Bonchev–Trinajstić information content (AvgIpc) is 2.81. The van der Waals surface area contributed by atoms with Gasteiger partial charge in [0.1, 0.15) is 0 Å². The molecule has 0 saturated heterocycles. The van der Waals surface area contributed by atoms with Gasteiger partial charge in [-0.1, -0.05) is 64.7 Å². The van der Waals surface area contributed by atoms with Crippen LogP contribution in [0.1, 0.15) is 71.1 Å². The van der Waals surface area contributed by atoms with Crippen LogP contribution in [0.5, 0.6) is 0 Å². The van der Waals surface area contributed by atoms with Crippen LogP contribution in [-0.2, 0) is 14.3 Å². The predicted molar refractivity (Wildman–Crippen MR) is 79.2 cm³/mol. The van der Waals surface area contributed by atoms with Gasteiger partial charge in [0.15, 0.2) is 0 Å². The van der Waals surface area contributed by atoms with E-state index in [9.17, 15) is 9.59 Å². The zero-order valence-corrected chi connectivity index (χ0v) is 12.6. The zero-order chi connectivity index (χ0) is 15.1. The molecule has 0 aromatic rings. The third-order valence-electron chi connectivity index (χ3n) is 3.07. The molecular weight excluding hydrogens is 256 g/mol. The normalized spacial score (nSPS) is 13.1. The summed E-state index contributed by atoms with van der Waals surface area (Å²) < 4.78 is 3.97. The van der Waals surface area contributed by atoms with Gasteiger partial charge in [-0.25, -0.2) is 9.59 Å². The Morgan fingerprint density at radius 3 is 1.50 bits per heavy atom. The molecule has 20 heavy (non-hydrogen) atoms. The Hall–Kier alpha value is -1.16. The molecule has 0 radical (unpaired) electrons. The molecule has 0 unspecified atom stereocenters. The van der Waals surface area contributed by atoms with Gasteiger partial charge in [0.2, 0.25) is 0 Å². The van der Waals surface area contributed by atoms with Crippen molar-refractivity contribution in [3.05, 3.63) is 12.2 Å². The molecule has 0 atom stereocenters. The highest BCUT2D eigenvalue weighted by atomic mass is 16.6. The summed E-state index contributed by atoms with van der Waals surface area (Å²) in [6.45, 7) is 2.63. The van der Waals surface area contributed by atoms with Gasteiger partial charge in [-0.2, -0.15) is 0 Å². The topological polar surface area (TPSA) is 63.6 Å². The van der Waals surface area contributed by atoms with Crippen LogP contribution in [0.15, 0.2) is 12.2 Å². The maximum absolute atomic E-state index is 9.92. The number of esters is 2. The number of ether oxygens (including phenoxy) is 1. The van der Waals surface area contributed by atoms with Crippen molar-refractivity contribution in [1.29, 1.82) is 0 Å². The van der Waals surface area contributed by atoms with Crippen molar-refractivity contribution in [3.8, 4) is 0 Å². The molecule has 0 bridgehead atoms. The van der Waals surface area contributed by atoms with Crippen molar-refractivity contribution in [2.24, 2.45) is 0 Å². The largest absolute Gasteiger partial charge is 0.396 e. The van der Waals surface area contributed by atoms with Gasteiger partial charge in [0.25, 0.3) is 0 Å². The molecule has 0 aromatic carbocycles. The second kappa shape index (κ2) is 14.3. The Balaban J connectivity index is 0.000000428. The monoisotopic (exact) mass is 284 g/mol. The van der Waals surface area contributed by atoms with Crippen LogP contribution in [0.4, 0.5) is 0 Å². The fourth-order valence-electron chi connectivity index (χ4n) is 1.90. The van der Waals surface area contributed by atoms with E-state index in [4.69, 9.17) is 5.11 Å². The molecule has 1 N–H and O–H groups in total. The molecule has 4 heteroatoms. The predicted octanol–water partition coefficient (Wildman–Crippen LogP) is 3.53. The van der Waals surface area contributed by atoms with Gasteiger partial charge in [0.05, 0.1) is 0 Å². The Bertz CT molecular complexity index is 258. The molecule has 0 aromatic heterocycles. The summed E-state index contributed by atoms with van der Waals surface area (Å²) >= 11 is 0. The van der Waals surface area contributed by atoms with Crippen molar-refractivity contribution >= 4 is 11.9 Å². The second-order valence-corrected chi connectivity index (χ2v) is 4.98. The van der Waals surface area contributed by atoms with E-state index in [2.05, 4.69) is 11.7 Å². The molecule has 116 valence electrons. The number of hydrogen-bond acceptors (Lipinski definition) is 4. The quantitative estimate of drug-likeness (QED) is 0.379. The highest BCUT2D eigenvalue weighted by Crippen LogP contribution is 2.09. The SMILES string of the molecule is CCCCCCCCCCCCO.O=C1C=CC(=O)O1. The van der Waals surface area contributed by atoms with E-state index in [1.54, 1.807) is 0 Å². The Morgan fingerprint density at radius 1 is 0.800 bits per heavy atom. The molecule has 1 heterocycles. The fraction of sp³-hybridized carbons (Fsp3) is 0.750. The third kappa shape index (κ3) is 13.3. The van der Waals surface area contributed by atoms with Crippen LogP contribution in [0, 0.1) is 0 Å². The van der Waals surface area contributed by atoms with Crippen molar-refractivity contribution in [2.75, 3.05) is 6.61 Å². The molecule has 0 amide bonds. The van der Waals surface area contributed by atoms with E-state index in [1.807, 2.05) is 0 Å². The number of aliphatic hydroxyl groups excluding tert-OH is 1. The molecule has 0 aliphatic carbocycles. The van der Waals surface area contributed by atoms with E-state index in [0.717, 1.165) is 18.6 Å². The van der Waals surface area contributed by atoms with Gasteiger partial charge in [-0.3, -0.25) is 0 Å². The molecule has 1 aliphatic rings. The Labute approximate surface area is 122 Å². The van der Waals surface area contributed by atoms with Crippen LogP contribution < -0.4 is 0 Å².